The first-order valence-corrected chi connectivity index (χ1v) is 5.87. The van der Waals surface area contributed by atoms with Crippen LogP contribution in [0.1, 0.15) is 47.0 Å². The van der Waals surface area contributed by atoms with E-state index < -0.39 is 0 Å². The molecule has 1 atom stereocenters. The summed E-state index contributed by atoms with van der Waals surface area (Å²) in [5.41, 5.74) is -0.262. The van der Waals surface area contributed by atoms with E-state index in [4.69, 9.17) is 4.74 Å². The summed E-state index contributed by atoms with van der Waals surface area (Å²) in [4.78, 5) is 0. The molecule has 1 aliphatic carbocycles. The molecule has 1 unspecified atom stereocenters. The molecule has 15 heavy (non-hydrogen) atoms. The number of aliphatic hydroxyl groups is 1. The highest BCUT2D eigenvalue weighted by molar-refractivity contribution is 4.92. The Hall–Kier alpha value is -0.120. The molecule has 1 rings (SSSR count). The molecule has 0 spiro atoms. The maximum Gasteiger partial charge on any atom is 0.0611 e. The molecule has 90 valence electrons. The minimum Gasteiger partial charge on any atom is -0.394 e. The maximum atomic E-state index is 9.37. The van der Waals surface area contributed by atoms with E-state index in [9.17, 15) is 5.11 Å². The van der Waals surface area contributed by atoms with E-state index in [-0.39, 0.29) is 17.7 Å². The second kappa shape index (κ2) is 4.81. The molecule has 0 bridgehead atoms. The van der Waals surface area contributed by atoms with Crippen molar-refractivity contribution < 1.29 is 9.84 Å². The Balaban J connectivity index is 2.25. The van der Waals surface area contributed by atoms with Crippen LogP contribution in [0.3, 0.4) is 0 Å². The highest BCUT2D eigenvalue weighted by Gasteiger charge is 2.31. The second-order valence-corrected chi connectivity index (χ2v) is 5.85. The molecule has 2 N–H and O–H groups in total. The van der Waals surface area contributed by atoms with Gasteiger partial charge >= 0.3 is 0 Å². The first-order chi connectivity index (χ1) is 6.85. The van der Waals surface area contributed by atoms with Crippen LogP contribution in [0.5, 0.6) is 0 Å². The lowest BCUT2D eigenvalue weighted by molar-refractivity contribution is -0.0171. The van der Waals surface area contributed by atoms with E-state index >= 15 is 0 Å². The lowest BCUT2D eigenvalue weighted by Crippen LogP contribution is -2.48. The van der Waals surface area contributed by atoms with Crippen LogP contribution in [-0.2, 0) is 4.74 Å². The van der Waals surface area contributed by atoms with E-state index in [1.807, 2.05) is 0 Å². The molecule has 0 saturated heterocycles. The minimum atomic E-state index is -0.174. The van der Waals surface area contributed by atoms with Crippen molar-refractivity contribution in [1.82, 2.24) is 5.32 Å². The largest absolute Gasteiger partial charge is 0.394 e. The van der Waals surface area contributed by atoms with Gasteiger partial charge in [0.05, 0.1) is 12.2 Å². The van der Waals surface area contributed by atoms with Crippen LogP contribution in [0, 0.1) is 0 Å². The lowest BCUT2D eigenvalue weighted by Gasteiger charge is -2.30. The van der Waals surface area contributed by atoms with Gasteiger partial charge < -0.3 is 15.2 Å². The van der Waals surface area contributed by atoms with Crippen molar-refractivity contribution in [2.45, 2.75) is 64.1 Å². The van der Waals surface area contributed by atoms with Crippen molar-refractivity contribution in [3.05, 3.63) is 0 Å². The van der Waals surface area contributed by atoms with E-state index in [0.29, 0.717) is 12.6 Å². The van der Waals surface area contributed by atoms with Gasteiger partial charge in [0, 0.05) is 18.2 Å². The predicted molar refractivity (Wildman–Crippen MR) is 62.0 cm³/mol. The summed E-state index contributed by atoms with van der Waals surface area (Å²) in [6.45, 7) is 9.10. The molecule has 1 saturated carbocycles. The molecule has 0 amide bonds. The van der Waals surface area contributed by atoms with Crippen LogP contribution in [0.2, 0.25) is 0 Å². The van der Waals surface area contributed by atoms with Crippen LogP contribution in [0.25, 0.3) is 0 Å². The molecular weight excluding hydrogens is 190 g/mol. The van der Waals surface area contributed by atoms with Crippen LogP contribution in [-0.4, -0.2) is 35.5 Å². The first-order valence-electron chi connectivity index (χ1n) is 5.87. The highest BCUT2D eigenvalue weighted by atomic mass is 16.5. The van der Waals surface area contributed by atoms with Crippen molar-refractivity contribution in [2.24, 2.45) is 0 Å². The molecule has 0 aromatic rings. The van der Waals surface area contributed by atoms with Crippen molar-refractivity contribution in [3.63, 3.8) is 0 Å². The molecule has 1 fully saturated rings. The molecule has 3 nitrogen and oxygen atoms in total. The van der Waals surface area contributed by atoms with Gasteiger partial charge in [0.25, 0.3) is 0 Å². The fourth-order valence-corrected chi connectivity index (χ4v) is 1.50. The summed E-state index contributed by atoms with van der Waals surface area (Å²) in [7, 11) is 0. The average Bonchev–Trinajstić information content (AvgIpc) is 2.86. The van der Waals surface area contributed by atoms with Crippen LogP contribution in [0.15, 0.2) is 0 Å². The van der Waals surface area contributed by atoms with Crippen molar-refractivity contribution in [1.29, 1.82) is 0 Å². The monoisotopic (exact) mass is 215 g/mol. The minimum absolute atomic E-state index is 0.0874. The average molecular weight is 215 g/mol. The zero-order valence-corrected chi connectivity index (χ0v) is 10.5. The molecule has 0 radical (unpaired) electrons. The van der Waals surface area contributed by atoms with Crippen LogP contribution < -0.4 is 5.32 Å². The SMILES string of the molecule is CC(CO)(CCOC(C)(C)C)NC1CC1. The summed E-state index contributed by atoms with van der Waals surface area (Å²) in [6, 6.07) is 0.622. The third-order valence-electron chi connectivity index (χ3n) is 2.67. The van der Waals surface area contributed by atoms with Gasteiger partial charge in [-0.2, -0.15) is 0 Å². The number of hydrogen-bond acceptors (Lipinski definition) is 3. The number of aliphatic hydroxyl groups excluding tert-OH is 1. The smallest absolute Gasteiger partial charge is 0.0611 e. The molecule has 1 aliphatic rings. The van der Waals surface area contributed by atoms with Crippen molar-refractivity contribution in [3.8, 4) is 0 Å². The standard InChI is InChI=1S/C12H25NO2/c1-11(2,3)15-8-7-12(4,9-14)13-10-5-6-10/h10,13-14H,5-9H2,1-4H3. The lowest BCUT2D eigenvalue weighted by atomic mass is 9.99. The van der Waals surface area contributed by atoms with Gasteiger partial charge in [-0.1, -0.05) is 0 Å². The fourth-order valence-electron chi connectivity index (χ4n) is 1.50. The number of rotatable bonds is 6. The molecule has 0 aromatic carbocycles. The Labute approximate surface area is 93.2 Å². The number of nitrogens with one attached hydrogen (secondary N) is 1. The van der Waals surface area contributed by atoms with Crippen molar-refractivity contribution >= 4 is 0 Å². The Kier molecular flexibility index (Phi) is 4.15. The van der Waals surface area contributed by atoms with Crippen LogP contribution in [0.4, 0.5) is 0 Å². The third-order valence-corrected chi connectivity index (χ3v) is 2.67. The fraction of sp³-hybridized carbons (Fsp3) is 1.00. The van der Waals surface area contributed by atoms with E-state index in [0.717, 1.165) is 6.42 Å². The number of hydrogen-bond donors (Lipinski definition) is 2. The molecule has 0 heterocycles. The van der Waals surface area contributed by atoms with Gasteiger partial charge in [0.1, 0.15) is 0 Å². The van der Waals surface area contributed by atoms with E-state index in [1.165, 1.54) is 12.8 Å². The topological polar surface area (TPSA) is 41.5 Å². The van der Waals surface area contributed by atoms with Crippen LogP contribution >= 0.6 is 0 Å². The van der Waals surface area contributed by atoms with Gasteiger partial charge in [0.15, 0.2) is 0 Å². The Morgan fingerprint density at radius 3 is 2.27 bits per heavy atom. The maximum absolute atomic E-state index is 9.37. The zero-order chi connectivity index (χ0) is 11.5. The molecule has 0 aromatic heterocycles. The van der Waals surface area contributed by atoms with Gasteiger partial charge in [-0.3, -0.25) is 0 Å². The Morgan fingerprint density at radius 1 is 1.27 bits per heavy atom. The summed E-state index contributed by atoms with van der Waals surface area (Å²) >= 11 is 0. The zero-order valence-electron chi connectivity index (χ0n) is 10.5. The van der Waals surface area contributed by atoms with Gasteiger partial charge in [0.2, 0.25) is 0 Å². The van der Waals surface area contributed by atoms with E-state index in [2.05, 4.69) is 33.0 Å². The van der Waals surface area contributed by atoms with Crippen molar-refractivity contribution in [2.75, 3.05) is 13.2 Å². The summed E-state index contributed by atoms with van der Waals surface area (Å²) in [5, 5.41) is 12.8. The first kappa shape index (κ1) is 12.9. The summed E-state index contributed by atoms with van der Waals surface area (Å²) in [6.07, 6.45) is 3.35. The normalized spacial score (nSPS) is 21.4. The Bertz CT molecular complexity index is 196. The number of ether oxygens (including phenoxy) is 1. The summed E-state index contributed by atoms with van der Waals surface area (Å²) < 4.78 is 5.68. The second-order valence-electron chi connectivity index (χ2n) is 5.85. The van der Waals surface area contributed by atoms with Gasteiger partial charge in [-0.05, 0) is 47.0 Å². The predicted octanol–water partition coefficient (Wildman–Crippen LogP) is 1.69. The van der Waals surface area contributed by atoms with E-state index in [1.54, 1.807) is 0 Å². The van der Waals surface area contributed by atoms with Gasteiger partial charge in [-0.15, -0.1) is 0 Å². The third kappa shape index (κ3) is 5.50. The quantitative estimate of drug-likeness (QED) is 0.708. The summed E-state index contributed by atoms with van der Waals surface area (Å²) in [5.74, 6) is 0. The highest BCUT2D eigenvalue weighted by Crippen LogP contribution is 2.24. The molecular formula is C12H25NO2. The Morgan fingerprint density at radius 2 is 1.87 bits per heavy atom. The molecule has 3 heteroatoms. The molecule has 0 aliphatic heterocycles. The van der Waals surface area contributed by atoms with Gasteiger partial charge in [-0.25, -0.2) is 0 Å².